The third-order valence-electron chi connectivity index (χ3n) is 5.36. The molecule has 2 N–H and O–H groups in total. The highest BCUT2D eigenvalue weighted by molar-refractivity contribution is 5.86. The third-order valence-corrected chi connectivity index (χ3v) is 5.36. The molecule has 148 valence electrons. The molecular weight excluding hydrogens is 382 g/mol. The second-order valence-electron chi connectivity index (χ2n) is 7.81. The van der Waals surface area contributed by atoms with Gasteiger partial charge in [-0.2, -0.15) is 0 Å². The minimum atomic E-state index is 0.896. The summed E-state index contributed by atoms with van der Waals surface area (Å²) in [6.07, 6.45) is 9.96. The lowest BCUT2D eigenvalue weighted by molar-refractivity contribution is 1.29. The Labute approximate surface area is 178 Å². The summed E-state index contributed by atoms with van der Waals surface area (Å²) in [5.41, 5.74) is 10.7. The quantitative estimate of drug-likeness (QED) is 0.354. The highest BCUT2D eigenvalue weighted by atomic mass is 14.8. The van der Waals surface area contributed by atoms with E-state index in [2.05, 4.69) is 58.3 Å². The SMILES string of the molecule is Cc1ccnc(-c2cc3cc4nc(cc5ccc(cc6nc(cc2[nH]3)C=C6)[nH]5)C=C4)c1. The zero-order valence-electron chi connectivity index (χ0n) is 16.9. The molecule has 5 heteroatoms. The maximum Gasteiger partial charge on any atom is 0.0726 e. The van der Waals surface area contributed by atoms with Gasteiger partial charge in [0.1, 0.15) is 0 Å². The first-order chi connectivity index (χ1) is 15.2. The molecule has 5 nitrogen and oxygen atoms in total. The van der Waals surface area contributed by atoms with Crippen LogP contribution in [-0.4, -0.2) is 24.9 Å². The van der Waals surface area contributed by atoms with E-state index in [4.69, 9.17) is 9.97 Å². The second kappa shape index (κ2) is 6.92. The van der Waals surface area contributed by atoms with Crippen LogP contribution in [0.2, 0.25) is 0 Å². The van der Waals surface area contributed by atoms with Gasteiger partial charge in [-0.15, -0.1) is 0 Å². The van der Waals surface area contributed by atoms with Crippen LogP contribution in [0.15, 0.2) is 60.8 Å². The fourth-order valence-corrected chi connectivity index (χ4v) is 3.91. The Morgan fingerprint density at radius 1 is 0.613 bits per heavy atom. The number of pyridine rings is 1. The Kier molecular flexibility index (Phi) is 3.93. The van der Waals surface area contributed by atoms with E-state index in [0.29, 0.717) is 0 Å². The summed E-state index contributed by atoms with van der Waals surface area (Å²) in [5.74, 6) is 0. The van der Waals surface area contributed by atoms with E-state index in [1.807, 2.05) is 48.7 Å². The maximum absolute atomic E-state index is 4.77. The molecule has 0 saturated heterocycles. The molecule has 0 atom stereocenters. The summed E-state index contributed by atoms with van der Waals surface area (Å²) >= 11 is 0. The zero-order valence-corrected chi connectivity index (χ0v) is 16.9. The van der Waals surface area contributed by atoms with E-state index in [1.54, 1.807) is 0 Å². The number of nitrogens with zero attached hydrogens (tertiary/aromatic N) is 3. The molecule has 31 heavy (non-hydrogen) atoms. The fourth-order valence-electron chi connectivity index (χ4n) is 3.91. The van der Waals surface area contributed by atoms with Gasteiger partial charge < -0.3 is 9.97 Å². The van der Waals surface area contributed by atoms with Crippen LogP contribution in [0.5, 0.6) is 0 Å². The number of H-pyrrole nitrogens is 2. The number of aromatic nitrogens is 5. The number of hydrogen-bond acceptors (Lipinski definition) is 3. The molecule has 0 fully saturated rings. The fraction of sp³-hybridized carbons (Fsp3) is 0.0385. The summed E-state index contributed by atoms with van der Waals surface area (Å²) < 4.78 is 0. The van der Waals surface area contributed by atoms with Crippen molar-refractivity contribution in [2.24, 2.45) is 0 Å². The summed E-state index contributed by atoms with van der Waals surface area (Å²) in [6.45, 7) is 2.08. The highest BCUT2D eigenvalue weighted by Crippen LogP contribution is 2.27. The molecule has 2 aliphatic rings. The van der Waals surface area contributed by atoms with Crippen molar-refractivity contribution in [3.63, 3.8) is 0 Å². The van der Waals surface area contributed by atoms with E-state index in [1.165, 1.54) is 5.56 Å². The lowest BCUT2D eigenvalue weighted by atomic mass is 10.1. The Morgan fingerprint density at radius 2 is 1.23 bits per heavy atom. The molecule has 4 aromatic rings. The van der Waals surface area contributed by atoms with Gasteiger partial charge in [-0.05, 0) is 91.4 Å². The van der Waals surface area contributed by atoms with Gasteiger partial charge in [0.15, 0.2) is 0 Å². The maximum atomic E-state index is 4.77. The predicted molar refractivity (Wildman–Crippen MR) is 127 cm³/mol. The molecule has 0 aliphatic carbocycles. The molecule has 0 unspecified atom stereocenters. The standard InChI is InChI=1S/C26H19N5/c1-16-8-9-27-25(10-16)24-14-23-13-21-5-4-19(29-21)11-17-2-3-18(28-17)12-20-6-7-22(30-20)15-26(24)31-23/h2-15,28,31H,1H3. The van der Waals surface area contributed by atoms with Gasteiger partial charge in [-0.3, -0.25) is 4.98 Å². The number of aromatic amines is 2. The van der Waals surface area contributed by atoms with Crippen molar-refractivity contribution in [2.45, 2.75) is 6.92 Å². The first-order valence-corrected chi connectivity index (χ1v) is 10.2. The lowest BCUT2D eigenvalue weighted by Crippen LogP contribution is -1.83. The normalized spacial score (nSPS) is 12.4. The monoisotopic (exact) mass is 401 g/mol. The van der Waals surface area contributed by atoms with Crippen LogP contribution in [0.25, 0.3) is 57.6 Å². The van der Waals surface area contributed by atoms with Crippen molar-refractivity contribution < 1.29 is 0 Å². The second-order valence-corrected chi connectivity index (χ2v) is 7.81. The number of rotatable bonds is 1. The number of aryl methyl sites for hydroxylation is 1. The number of hydrogen-bond donors (Lipinski definition) is 2. The number of fused-ring (bicyclic) bond motifs is 8. The van der Waals surface area contributed by atoms with Crippen LogP contribution in [0.1, 0.15) is 28.3 Å². The molecular formula is C26H19N5. The molecule has 0 radical (unpaired) electrons. The van der Waals surface area contributed by atoms with Gasteiger partial charge in [-0.1, -0.05) is 0 Å². The van der Waals surface area contributed by atoms with Crippen molar-refractivity contribution >= 4 is 46.4 Å². The molecule has 6 heterocycles. The summed E-state index contributed by atoms with van der Waals surface area (Å²) in [4.78, 5) is 21.0. The highest BCUT2D eigenvalue weighted by Gasteiger charge is 2.08. The van der Waals surface area contributed by atoms with Gasteiger partial charge in [-0.25, -0.2) is 9.97 Å². The molecule has 4 aromatic heterocycles. The predicted octanol–water partition coefficient (Wildman–Crippen LogP) is 6.03. The molecule has 6 rings (SSSR count). The van der Waals surface area contributed by atoms with Crippen molar-refractivity contribution in [3.8, 4) is 11.3 Å². The van der Waals surface area contributed by atoms with E-state index < -0.39 is 0 Å². The third kappa shape index (κ3) is 3.46. The van der Waals surface area contributed by atoms with E-state index in [9.17, 15) is 0 Å². The minimum Gasteiger partial charge on any atom is -0.355 e. The van der Waals surface area contributed by atoms with Crippen molar-refractivity contribution in [3.05, 3.63) is 89.1 Å². The minimum absolute atomic E-state index is 0.896. The van der Waals surface area contributed by atoms with E-state index in [0.717, 1.165) is 56.1 Å². The summed E-state index contributed by atoms with van der Waals surface area (Å²) in [6, 6.07) is 18.5. The lowest BCUT2D eigenvalue weighted by Gasteiger charge is -1.99. The molecule has 0 amide bonds. The Balaban J connectivity index is 1.68. The van der Waals surface area contributed by atoms with Gasteiger partial charge in [0, 0.05) is 28.3 Å². The Morgan fingerprint density at radius 3 is 1.87 bits per heavy atom. The molecule has 0 saturated carbocycles. The van der Waals surface area contributed by atoms with Gasteiger partial charge in [0.2, 0.25) is 0 Å². The van der Waals surface area contributed by atoms with Crippen LogP contribution >= 0.6 is 0 Å². The van der Waals surface area contributed by atoms with Gasteiger partial charge in [0.25, 0.3) is 0 Å². The zero-order chi connectivity index (χ0) is 20.8. The molecule has 2 aliphatic heterocycles. The van der Waals surface area contributed by atoms with Crippen LogP contribution in [0.4, 0.5) is 0 Å². The van der Waals surface area contributed by atoms with Crippen molar-refractivity contribution in [2.75, 3.05) is 0 Å². The van der Waals surface area contributed by atoms with Crippen LogP contribution in [0, 0.1) is 6.92 Å². The average molecular weight is 401 g/mol. The van der Waals surface area contributed by atoms with E-state index in [-0.39, 0.29) is 0 Å². The number of nitrogens with one attached hydrogen (secondary N) is 2. The van der Waals surface area contributed by atoms with Gasteiger partial charge in [0.05, 0.1) is 34.0 Å². The smallest absolute Gasteiger partial charge is 0.0726 e. The largest absolute Gasteiger partial charge is 0.355 e. The molecule has 0 spiro atoms. The van der Waals surface area contributed by atoms with Gasteiger partial charge >= 0.3 is 0 Å². The van der Waals surface area contributed by atoms with Crippen molar-refractivity contribution in [1.82, 2.24) is 24.9 Å². The van der Waals surface area contributed by atoms with Crippen LogP contribution < -0.4 is 0 Å². The first-order valence-electron chi connectivity index (χ1n) is 10.2. The Hall–Kier alpha value is -4.25. The van der Waals surface area contributed by atoms with Crippen LogP contribution in [0.3, 0.4) is 0 Å². The summed E-state index contributed by atoms with van der Waals surface area (Å²) in [5, 5.41) is 0. The Bertz CT molecular complexity index is 1550. The average Bonchev–Trinajstić information content (AvgIpc) is 3.53. The molecule has 0 aromatic carbocycles. The van der Waals surface area contributed by atoms with Crippen LogP contribution in [-0.2, 0) is 0 Å². The summed E-state index contributed by atoms with van der Waals surface area (Å²) in [7, 11) is 0. The first kappa shape index (κ1) is 17.6. The topological polar surface area (TPSA) is 70.2 Å². The van der Waals surface area contributed by atoms with E-state index >= 15 is 0 Å². The van der Waals surface area contributed by atoms with Crippen molar-refractivity contribution in [1.29, 1.82) is 0 Å². The molecule has 8 bridgehead atoms.